The highest BCUT2D eigenvalue weighted by Crippen LogP contribution is 2.07. The summed E-state index contributed by atoms with van der Waals surface area (Å²) in [6.07, 6.45) is 0.790. The van der Waals surface area contributed by atoms with Crippen LogP contribution in [0.25, 0.3) is 0 Å². The third kappa shape index (κ3) is 3.40. The molecular formula is C9H13NO3. The van der Waals surface area contributed by atoms with E-state index in [1.54, 1.807) is 12.3 Å². The number of nitrogens with zero attached hydrogens (tertiary/aromatic N) is 1. The molecule has 72 valence electrons. The Bertz CT molecular complexity index is 265. The molecule has 0 aliphatic rings. The summed E-state index contributed by atoms with van der Waals surface area (Å²) in [6.45, 7) is 1.69. The van der Waals surface area contributed by atoms with E-state index < -0.39 is 6.10 Å². The van der Waals surface area contributed by atoms with Crippen molar-refractivity contribution in [3.63, 3.8) is 0 Å². The summed E-state index contributed by atoms with van der Waals surface area (Å²) in [6, 6.07) is 3.62. The van der Waals surface area contributed by atoms with Gasteiger partial charge < -0.3 is 14.9 Å². The highest BCUT2D eigenvalue weighted by atomic mass is 16.5. The number of aromatic nitrogens is 1. The second kappa shape index (κ2) is 4.79. The van der Waals surface area contributed by atoms with Gasteiger partial charge in [0.25, 0.3) is 0 Å². The molecule has 0 saturated carbocycles. The Morgan fingerprint density at radius 2 is 2.38 bits per heavy atom. The summed E-state index contributed by atoms with van der Waals surface area (Å²) in [5.41, 5.74) is 1.04. The standard InChI is InChI=1S/C9H13NO3/c1-7-2-3-10-9(4-7)13-6-8(12)5-11/h2-4,8,11-12H,5-6H2,1H3. The van der Waals surface area contributed by atoms with Gasteiger partial charge in [0.2, 0.25) is 5.88 Å². The van der Waals surface area contributed by atoms with Crippen LogP contribution >= 0.6 is 0 Å². The van der Waals surface area contributed by atoms with E-state index in [1.807, 2.05) is 13.0 Å². The summed E-state index contributed by atoms with van der Waals surface area (Å²) in [5, 5.41) is 17.5. The van der Waals surface area contributed by atoms with Gasteiger partial charge in [-0.3, -0.25) is 0 Å². The van der Waals surface area contributed by atoms with Crippen LogP contribution in [0.5, 0.6) is 5.88 Å². The molecule has 1 atom stereocenters. The summed E-state index contributed by atoms with van der Waals surface area (Å²) in [5.74, 6) is 0.465. The number of hydrogen-bond donors (Lipinski definition) is 2. The van der Waals surface area contributed by atoms with Gasteiger partial charge in [-0.2, -0.15) is 0 Å². The predicted octanol–water partition coefficient (Wildman–Crippen LogP) is 0.122. The SMILES string of the molecule is Cc1ccnc(OCC(O)CO)c1. The lowest BCUT2D eigenvalue weighted by atomic mass is 10.3. The Balaban J connectivity index is 2.45. The molecule has 4 nitrogen and oxygen atoms in total. The van der Waals surface area contributed by atoms with Crippen molar-refractivity contribution in [2.75, 3.05) is 13.2 Å². The second-order valence-corrected chi connectivity index (χ2v) is 2.82. The fourth-order valence-electron chi connectivity index (χ4n) is 0.822. The molecule has 4 heteroatoms. The Kier molecular flexibility index (Phi) is 3.67. The fourth-order valence-corrected chi connectivity index (χ4v) is 0.822. The second-order valence-electron chi connectivity index (χ2n) is 2.82. The zero-order valence-electron chi connectivity index (χ0n) is 7.47. The molecule has 0 aliphatic carbocycles. The molecule has 2 N–H and O–H groups in total. The van der Waals surface area contributed by atoms with Gasteiger partial charge in [-0.05, 0) is 18.6 Å². The van der Waals surface area contributed by atoms with Crippen molar-refractivity contribution < 1.29 is 14.9 Å². The number of aliphatic hydroxyl groups excluding tert-OH is 2. The molecule has 1 aromatic rings. The first-order valence-corrected chi connectivity index (χ1v) is 4.06. The monoisotopic (exact) mass is 183 g/mol. The van der Waals surface area contributed by atoms with Gasteiger partial charge in [-0.25, -0.2) is 4.98 Å². The first-order chi connectivity index (χ1) is 6.22. The van der Waals surface area contributed by atoms with Crippen LogP contribution in [-0.4, -0.2) is 34.5 Å². The molecule has 13 heavy (non-hydrogen) atoms. The maximum atomic E-state index is 8.99. The first kappa shape index (κ1) is 9.95. The molecule has 1 aromatic heterocycles. The molecule has 0 bridgehead atoms. The lowest BCUT2D eigenvalue weighted by Crippen LogP contribution is -2.21. The van der Waals surface area contributed by atoms with E-state index in [2.05, 4.69) is 4.98 Å². The van der Waals surface area contributed by atoms with Crippen LogP contribution in [0.15, 0.2) is 18.3 Å². The van der Waals surface area contributed by atoms with E-state index in [0.717, 1.165) is 5.56 Å². The van der Waals surface area contributed by atoms with Crippen LogP contribution in [0.1, 0.15) is 5.56 Å². The summed E-state index contributed by atoms with van der Waals surface area (Å²) >= 11 is 0. The van der Waals surface area contributed by atoms with E-state index in [4.69, 9.17) is 14.9 Å². The van der Waals surface area contributed by atoms with Crippen LogP contribution in [0.2, 0.25) is 0 Å². The van der Waals surface area contributed by atoms with Crippen LogP contribution in [0.3, 0.4) is 0 Å². The highest BCUT2D eigenvalue weighted by Gasteiger charge is 2.03. The molecule has 0 spiro atoms. The minimum atomic E-state index is -0.845. The van der Waals surface area contributed by atoms with Crippen molar-refractivity contribution in [1.29, 1.82) is 0 Å². The zero-order chi connectivity index (χ0) is 9.68. The van der Waals surface area contributed by atoms with Crippen LogP contribution in [0, 0.1) is 6.92 Å². The molecule has 0 saturated heterocycles. The normalized spacial score (nSPS) is 12.5. The number of pyridine rings is 1. The Hall–Kier alpha value is -1.13. The van der Waals surface area contributed by atoms with Gasteiger partial charge in [-0.15, -0.1) is 0 Å². The number of aliphatic hydroxyl groups is 2. The Morgan fingerprint density at radius 3 is 3.00 bits per heavy atom. The minimum Gasteiger partial charge on any atom is -0.475 e. The number of hydrogen-bond acceptors (Lipinski definition) is 4. The van der Waals surface area contributed by atoms with Crippen LogP contribution in [-0.2, 0) is 0 Å². The molecular weight excluding hydrogens is 170 g/mol. The predicted molar refractivity (Wildman–Crippen MR) is 47.6 cm³/mol. The maximum Gasteiger partial charge on any atom is 0.213 e. The Labute approximate surface area is 76.8 Å². The van der Waals surface area contributed by atoms with E-state index in [0.29, 0.717) is 5.88 Å². The summed E-state index contributed by atoms with van der Waals surface area (Å²) in [7, 11) is 0. The van der Waals surface area contributed by atoms with Crippen molar-refractivity contribution >= 4 is 0 Å². The van der Waals surface area contributed by atoms with Gasteiger partial charge in [0.1, 0.15) is 12.7 Å². The van der Waals surface area contributed by atoms with Gasteiger partial charge in [0.05, 0.1) is 6.61 Å². The molecule has 1 heterocycles. The lowest BCUT2D eigenvalue weighted by molar-refractivity contribution is 0.0521. The first-order valence-electron chi connectivity index (χ1n) is 4.06. The average molecular weight is 183 g/mol. The molecule has 0 amide bonds. The topological polar surface area (TPSA) is 62.6 Å². The third-order valence-electron chi connectivity index (χ3n) is 1.52. The minimum absolute atomic E-state index is 0.0625. The van der Waals surface area contributed by atoms with Crippen molar-refractivity contribution in [2.24, 2.45) is 0 Å². The molecule has 1 rings (SSSR count). The fraction of sp³-hybridized carbons (Fsp3) is 0.444. The largest absolute Gasteiger partial charge is 0.475 e. The van der Waals surface area contributed by atoms with Crippen molar-refractivity contribution in [3.8, 4) is 5.88 Å². The molecule has 0 aromatic carbocycles. The molecule has 0 fully saturated rings. The van der Waals surface area contributed by atoms with E-state index in [1.165, 1.54) is 0 Å². The van der Waals surface area contributed by atoms with Gasteiger partial charge in [-0.1, -0.05) is 0 Å². The van der Waals surface area contributed by atoms with E-state index in [9.17, 15) is 0 Å². The van der Waals surface area contributed by atoms with E-state index in [-0.39, 0.29) is 13.2 Å². The third-order valence-corrected chi connectivity index (χ3v) is 1.52. The summed E-state index contributed by atoms with van der Waals surface area (Å²) in [4.78, 5) is 3.93. The number of rotatable bonds is 4. The smallest absolute Gasteiger partial charge is 0.213 e. The molecule has 1 unspecified atom stereocenters. The van der Waals surface area contributed by atoms with E-state index >= 15 is 0 Å². The molecule has 0 aliphatic heterocycles. The maximum absolute atomic E-state index is 8.99. The van der Waals surface area contributed by atoms with Crippen molar-refractivity contribution in [1.82, 2.24) is 4.98 Å². The van der Waals surface area contributed by atoms with Crippen molar-refractivity contribution in [2.45, 2.75) is 13.0 Å². The molecule has 0 radical (unpaired) electrons. The number of aryl methyl sites for hydroxylation is 1. The van der Waals surface area contributed by atoms with Gasteiger partial charge in [0.15, 0.2) is 0 Å². The van der Waals surface area contributed by atoms with Crippen LogP contribution < -0.4 is 4.74 Å². The van der Waals surface area contributed by atoms with Gasteiger partial charge in [0, 0.05) is 12.3 Å². The average Bonchev–Trinajstić information content (AvgIpc) is 2.14. The number of ether oxygens (including phenoxy) is 1. The highest BCUT2D eigenvalue weighted by molar-refractivity contribution is 5.18. The van der Waals surface area contributed by atoms with Crippen LogP contribution in [0.4, 0.5) is 0 Å². The quantitative estimate of drug-likeness (QED) is 0.696. The van der Waals surface area contributed by atoms with Crippen molar-refractivity contribution in [3.05, 3.63) is 23.9 Å². The van der Waals surface area contributed by atoms with Gasteiger partial charge >= 0.3 is 0 Å². The Morgan fingerprint density at radius 1 is 1.62 bits per heavy atom. The lowest BCUT2D eigenvalue weighted by Gasteiger charge is -2.08. The summed E-state index contributed by atoms with van der Waals surface area (Å²) < 4.78 is 5.12. The zero-order valence-corrected chi connectivity index (χ0v) is 7.47.